The fourth-order valence-corrected chi connectivity index (χ4v) is 3.16. The van der Waals surface area contributed by atoms with Crippen LogP contribution in [0.5, 0.6) is 0 Å². The van der Waals surface area contributed by atoms with E-state index in [-0.39, 0.29) is 0 Å². The Balaban J connectivity index is 2.10. The number of aromatic nitrogens is 1. The average Bonchev–Trinajstić information content (AvgIpc) is 2.48. The molecule has 1 aliphatic rings. The van der Waals surface area contributed by atoms with Crippen LogP contribution in [0.25, 0.3) is 0 Å². The van der Waals surface area contributed by atoms with Crippen molar-refractivity contribution in [2.75, 3.05) is 5.75 Å². The number of rotatable bonds is 2. The highest BCUT2D eigenvalue weighted by Crippen LogP contribution is 2.37. The number of pyridine rings is 1. The maximum absolute atomic E-state index is 10.4. The van der Waals surface area contributed by atoms with Gasteiger partial charge in [-0.1, -0.05) is 13.0 Å². The molecule has 2 nitrogen and oxygen atoms in total. The third-order valence-corrected chi connectivity index (χ3v) is 4.25. The lowest BCUT2D eigenvalue weighted by atomic mass is 9.91. The van der Waals surface area contributed by atoms with Gasteiger partial charge in [0.1, 0.15) is 0 Å². The molecule has 0 aliphatic carbocycles. The van der Waals surface area contributed by atoms with Gasteiger partial charge in [0.2, 0.25) is 0 Å². The summed E-state index contributed by atoms with van der Waals surface area (Å²) >= 11 is 1.85. The van der Waals surface area contributed by atoms with E-state index in [1.165, 1.54) is 0 Å². The van der Waals surface area contributed by atoms with Crippen molar-refractivity contribution in [3.8, 4) is 0 Å². The van der Waals surface area contributed by atoms with Crippen LogP contribution in [0.1, 0.15) is 19.0 Å². The molecule has 1 fully saturated rings. The van der Waals surface area contributed by atoms with Gasteiger partial charge in [-0.2, -0.15) is 11.8 Å². The molecule has 0 spiro atoms. The number of thioether (sulfide) groups is 1. The summed E-state index contributed by atoms with van der Waals surface area (Å²) in [6, 6.07) is 5.85. The molecule has 1 aliphatic heterocycles. The largest absolute Gasteiger partial charge is 0.388 e. The van der Waals surface area contributed by atoms with E-state index in [0.29, 0.717) is 11.7 Å². The van der Waals surface area contributed by atoms with E-state index < -0.39 is 5.60 Å². The first-order chi connectivity index (χ1) is 6.71. The van der Waals surface area contributed by atoms with E-state index in [1.807, 2.05) is 30.0 Å². The van der Waals surface area contributed by atoms with Crippen LogP contribution in [0, 0.1) is 0 Å². The van der Waals surface area contributed by atoms with E-state index in [9.17, 15) is 5.11 Å². The molecule has 2 rings (SSSR count). The lowest BCUT2D eigenvalue weighted by Crippen LogP contribution is -2.37. The normalized spacial score (nSPS) is 32.0. The first kappa shape index (κ1) is 9.99. The van der Waals surface area contributed by atoms with Crippen LogP contribution in [0.15, 0.2) is 24.4 Å². The minimum Gasteiger partial charge on any atom is -0.388 e. The highest BCUT2D eigenvalue weighted by molar-refractivity contribution is 8.00. The second-order valence-corrected chi connectivity index (χ2v) is 5.31. The maximum Gasteiger partial charge on any atom is 0.0826 e. The molecule has 0 radical (unpaired) electrons. The van der Waals surface area contributed by atoms with Crippen LogP contribution in [0.2, 0.25) is 0 Å². The van der Waals surface area contributed by atoms with Crippen LogP contribution < -0.4 is 0 Å². The van der Waals surface area contributed by atoms with Crippen molar-refractivity contribution in [1.82, 2.24) is 4.98 Å². The van der Waals surface area contributed by atoms with Gasteiger partial charge in [0.25, 0.3) is 0 Å². The van der Waals surface area contributed by atoms with Gasteiger partial charge in [-0.3, -0.25) is 4.98 Å². The maximum atomic E-state index is 10.4. The Morgan fingerprint density at radius 1 is 1.64 bits per heavy atom. The quantitative estimate of drug-likeness (QED) is 0.807. The fourth-order valence-electron chi connectivity index (χ4n) is 1.82. The van der Waals surface area contributed by atoms with Crippen molar-refractivity contribution >= 4 is 11.8 Å². The Morgan fingerprint density at radius 2 is 2.50 bits per heavy atom. The van der Waals surface area contributed by atoms with Crippen molar-refractivity contribution < 1.29 is 5.11 Å². The predicted octanol–water partition coefficient (Wildman–Crippen LogP) is 1.88. The Bertz CT molecular complexity index is 303. The van der Waals surface area contributed by atoms with E-state index in [0.717, 1.165) is 17.9 Å². The van der Waals surface area contributed by atoms with Crippen LogP contribution in [0.3, 0.4) is 0 Å². The van der Waals surface area contributed by atoms with Crippen molar-refractivity contribution in [1.29, 1.82) is 0 Å². The average molecular weight is 209 g/mol. The van der Waals surface area contributed by atoms with Gasteiger partial charge in [-0.25, -0.2) is 0 Å². The molecule has 0 saturated carbocycles. The summed E-state index contributed by atoms with van der Waals surface area (Å²) in [4.78, 5) is 4.25. The summed E-state index contributed by atoms with van der Waals surface area (Å²) in [5.74, 6) is 1.06. The van der Waals surface area contributed by atoms with Crippen molar-refractivity contribution in [2.24, 2.45) is 0 Å². The van der Waals surface area contributed by atoms with Gasteiger partial charge >= 0.3 is 0 Å². The molecule has 2 heterocycles. The van der Waals surface area contributed by atoms with Crippen molar-refractivity contribution in [2.45, 2.75) is 30.6 Å². The molecular formula is C11H15NOS. The Hall–Kier alpha value is -0.540. The number of hydrogen-bond acceptors (Lipinski definition) is 3. The molecule has 2 unspecified atom stereocenters. The van der Waals surface area contributed by atoms with Crippen LogP contribution in [0.4, 0.5) is 0 Å². The molecule has 1 aromatic rings. The number of hydrogen-bond donors (Lipinski definition) is 1. The van der Waals surface area contributed by atoms with Gasteiger partial charge in [0.05, 0.1) is 5.60 Å². The lowest BCUT2D eigenvalue weighted by Gasteiger charge is -2.26. The van der Waals surface area contributed by atoms with E-state index in [2.05, 4.69) is 11.9 Å². The molecule has 1 saturated heterocycles. The zero-order valence-corrected chi connectivity index (χ0v) is 9.13. The minimum atomic E-state index is -0.543. The zero-order valence-electron chi connectivity index (χ0n) is 8.31. The third-order valence-electron chi connectivity index (χ3n) is 2.87. The number of nitrogens with zero attached hydrogens (tertiary/aromatic N) is 1. The summed E-state index contributed by atoms with van der Waals surface area (Å²) in [5.41, 5.74) is 0.448. The molecule has 0 bridgehead atoms. The highest BCUT2D eigenvalue weighted by Gasteiger charge is 2.39. The standard InChI is InChI=1S/C11H15NOS/c1-9-11(13,5-7-14-9)8-10-4-2-3-6-12-10/h2-4,6,9,13H,5,7-8H2,1H3. The van der Waals surface area contributed by atoms with E-state index in [1.54, 1.807) is 6.20 Å². The third kappa shape index (κ3) is 1.93. The fraction of sp³-hybridized carbons (Fsp3) is 0.545. The molecule has 3 heteroatoms. The lowest BCUT2D eigenvalue weighted by molar-refractivity contribution is 0.0455. The summed E-state index contributed by atoms with van der Waals surface area (Å²) in [7, 11) is 0. The van der Waals surface area contributed by atoms with Crippen molar-refractivity contribution in [3.63, 3.8) is 0 Å². The van der Waals surface area contributed by atoms with Crippen molar-refractivity contribution in [3.05, 3.63) is 30.1 Å². The Labute approximate surface area is 88.8 Å². The monoisotopic (exact) mass is 209 g/mol. The molecule has 1 N–H and O–H groups in total. The topological polar surface area (TPSA) is 33.1 Å². The second kappa shape index (κ2) is 3.91. The molecule has 0 amide bonds. The second-order valence-electron chi connectivity index (χ2n) is 3.86. The molecule has 14 heavy (non-hydrogen) atoms. The van der Waals surface area contributed by atoms with Gasteiger partial charge in [-0.15, -0.1) is 0 Å². The first-order valence-electron chi connectivity index (χ1n) is 4.95. The molecular weight excluding hydrogens is 194 g/mol. The Morgan fingerprint density at radius 3 is 3.07 bits per heavy atom. The van der Waals surface area contributed by atoms with Gasteiger partial charge in [0.15, 0.2) is 0 Å². The number of aliphatic hydroxyl groups is 1. The SMILES string of the molecule is CC1SCCC1(O)Cc1ccccn1. The Kier molecular flexibility index (Phi) is 2.79. The van der Waals surface area contributed by atoms with Gasteiger partial charge < -0.3 is 5.11 Å². The summed E-state index contributed by atoms with van der Waals surface area (Å²) in [6.07, 6.45) is 3.35. The van der Waals surface area contributed by atoms with E-state index >= 15 is 0 Å². The zero-order chi connectivity index (χ0) is 10.0. The summed E-state index contributed by atoms with van der Waals surface area (Å²) in [5, 5.41) is 10.7. The molecule has 1 aromatic heterocycles. The van der Waals surface area contributed by atoms with Gasteiger partial charge in [-0.05, 0) is 24.3 Å². The molecule has 76 valence electrons. The predicted molar refractivity (Wildman–Crippen MR) is 59.4 cm³/mol. The smallest absolute Gasteiger partial charge is 0.0826 e. The van der Waals surface area contributed by atoms with Gasteiger partial charge in [0, 0.05) is 23.6 Å². The minimum absolute atomic E-state index is 0.324. The van der Waals surface area contributed by atoms with Crippen LogP contribution in [-0.4, -0.2) is 26.7 Å². The van der Waals surface area contributed by atoms with Crippen LogP contribution >= 0.6 is 11.8 Å². The molecule has 2 atom stereocenters. The molecule has 0 aromatic carbocycles. The summed E-state index contributed by atoms with van der Waals surface area (Å²) in [6.45, 7) is 2.10. The first-order valence-corrected chi connectivity index (χ1v) is 5.99. The highest BCUT2D eigenvalue weighted by atomic mass is 32.2. The van der Waals surface area contributed by atoms with Crippen LogP contribution in [-0.2, 0) is 6.42 Å². The van der Waals surface area contributed by atoms with E-state index in [4.69, 9.17) is 0 Å². The summed E-state index contributed by atoms with van der Waals surface area (Å²) < 4.78 is 0.